The highest BCUT2D eigenvalue weighted by molar-refractivity contribution is 7.89. The van der Waals surface area contributed by atoms with Gasteiger partial charge < -0.3 is 5.32 Å². The minimum absolute atomic E-state index is 0.0310. The minimum Gasteiger partial charge on any atom is -0.345 e. The monoisotopic (exact) mass is 372 g/mol. The zero-order valence-corrected chi connectivity index (χ0v) is 15.8. The maximum absolute atomic E-state index is 12.6. The van der Waals surface area contributed by atoms with Gasteiger partial charge in [0, 0.05) is 11.6 Å². The van der Waals surface area contributed by atoms with Crippen LogP contribution in [0.4, 0.5) is 0 Å². The molecule has 3 rings (SSSR count). The second-order valence-corrected chi connectivity index (χ2v) is 8.48. The lowest BCUT2D eigenvalue weighted by Gasteiger charge is -2.18. The molecule has 1 unspecified atom stereocenters. The van der Waals surface area contributed by atoms with Gasteiger partial charge in [0.05, 0.1) is 10.9 Å². The van der Waals surface area contributed by atoms with E-state index in [1.54, 1.807) is 12.1 Å². The third kappa shape index (κ3) is 4.51. The first-order valence-corrected chi connectivity index (χ1v) is 10.4. The van der Waals surface area contributed by atoms with E-state index in [9.17, 15) is 13.2 Å². The van der Waals surface area contributed by atoms with E-state index in [1.165, 1.54) is 12.1 Å². The van der Waals surface area contributed by atoms with Crippen LogP contribution < -0.4 is 10.0 Å². The number of hydrogen-bond acceptors (Lipinski definition) is 3. The SMILES string of the molecule is CCC(NC(=O)c1cccc(S(=O)(=O)NC2CC2)c1)c1ccc(C)cc1. The second-order valence-electron chi connectivity index (χ2n) is 6.77. The zero-order chi connectivity index (χ0) is 18.7. The minimum atomic E-state index is -3.57. The van der Waals surface area contributed by atoms with Crippen LogP contribution in [0.15, 0.2) is 53.4 Å². The lowest BCUT2D eigenvalue weighted by atomic mass is 10.0. The standard InChI is InChI=1S/C20H24N2O3S/c1-3-19(15-9-7-14(2)8-10-15)21-20(23)16-5-4-6-18(13-16)26(24,25)22-17-11-12-17/h4-10,13,17,19,22H,3,11-12H2,1-2H3,(H,21,23). The molecular formula is C20H24N2O3S. The molecule has 1 saturated carbocycles. The number of rotatable bonds is 7. The van der Waals surface area contributed by atoms with Crippen LogP contribution in [-0.4, -0.2) is 20.4 Å². The highest BCUT2D eigenvalue weighted by Crippen LogP contribution is 2.23. The fourth-order valence-electron chi connectivity index (χ4n) is 2.75. The molecule has 5 nitrogen and oxygen atoms in total. The molecule has 1 atom stereocenters. The number of benzene rings is 2. The van der Waals surface area contributed by atoms with Gasteiger partial charge in [0.2, 0.25) is 10.0 Å². The summed E-state index contributed by atoms with van der Waals surface area (Å²) in [5.41, 5.74) is 2.54. The van der Waals surface area contributed by atoms with Gasteiger partial charge in [-0.05, 0) is 49.9 Å². The van der Waals surface area contributed by atoms with Crippen LogP contribution in [0.5, 0.6) is 0 Å². The van der Waals surface area contributed by atoms with Gasteiger partial charge in [-0.15, -0.1) is 0 Å². The van der Waals surface area contributed by atoms with Crippen molar-refractivity contribution >= 4 is 15.9 Å². The van der Waals surface area contributed by atoms with Gasteiger partial charge in [-0.1, -0.05) is 42.8 Å². The van der Waals surface area contributed by atoms with Gasteiger partial charge in [0.15, 0.2) is 0 Å². The molecule has 26 heavy (non-hydrogen) atoms. The summed E-state index contributed by atoms with van der Waals surface area (Å²) in [6.45, 7) is 4.02. The highest BCUT2D eigenvalue weighted by Gasteiger charge is 2.28. The predicted octanol–water partition coefficient (Wildman–Crippen LogP) is 3.32. The van der Waals surface area contributed by atoms with Crippen molar-refractivity contribution < 1.29 is 13.2 Å². The molecule has 138 valence electrons. The van der Waals surface area contributed by atoms with Crippen molar-refractivity contribution in [3.05, 3.63) is 65.2 Å². The van der Waals surface area contributed by atoms with Gasteiger partial charge in [0.25, 0.3) is 5.91 Å². The molecule has 0 aliphatic heterocycles. The Bertz CT molecular complexity index is 888. The lowest BCUT2D eigenvalue weighted by Crippen LogP contribution is -2.29. The van der Waals surface area contributed by atoms with Gasteiger partial charge in [-0.2, -0.15) is 0 Å². The Labute approximate surface area is 154 Å². The first kappa shape index (κ1) is 18.6. The van der Waals surface area contributed by atoms with E-state index < -0.39 is 10.0 Å². The lowest BCUT2D eigenvalue weighted by molar-refractivity contribution is 0.0935. The molecule has 0 heterocycles. The quantitative estimate of drug-likeness (QED) is 0.783. The van der Waals surface area contributed by atoms with Crippen molar-refractivity contribution in [2.75, 3.05) is 0 Å². The van der Waals surface area contributed by atoms with E-state index in [1.807, 2.05) is 38.1 Å². The molecular weight excluding hydrogens is 348 g/mol. The normalized spacial score (nSPS) is 15.5. The van der Waals surface area contributed by atoms with E-state index in [0.29, 0.717) is 5.56 Å². The van der Waals surface area contributed by atoms with Crippen LogP contribution in [0.3, 0.4) is 0 Å². The Balaban J connectivity index is 1.76. The third-order valence-corrected chi connectivity index (χ3v) is 6.02. The second kappa shape index (κ2) is 7.60. The molecule has 0 saturated heterocycles. The number of sulfonamides is 1. The van der Waals surface area contributed by atoms with Gasteiger partial charge >= 0.3 is 0 Å². The first-order valence-electron chi connectivity index (χ1n) is 8.89. The molecule has 6 heteroatoms. The summed E-state index contributed by atoms with van der Waals surface area (Å²) in [4.78, 5) is 12.8. The van der Waals surface area contributed by atoms with Crippen LogP contribution in [0.1, 0.15) is 53.7 Å². The van der Waals surface area contributed by atoms with Crippen LogP contribution in [0.2, 0.25) is 0 Å². The van der Waals surface area contributed by atoms with Crippen molar-refractivity contribution in [2.24, 2.45) is 0 Å². The first-order chi connectivity index (χ1) is 12.4. The Hall–Kier alpha value is -2.18. The van der Waals surface area contributed by atoms with Crippen molar-refractivity contribution in [1.82, 2.24) is 10.0 Å². The summed E-state index contributed by atoms with van der Waals surface area (Å²) >= 11 is 0. The predicted molar refractivity (Wildman–Crippen MR) is 101 cm³/mol. The molecule has 1 amide bonds. The van der Waals surface area contributed by atoms with Crippen LogP contribution in [0.25, 0.3) is 0 Å². The Morgan fingerprint density at radius 3 is 2.46 bits per heavy atom. The van der Waals surface area contributed by atoms with Crippen molar-refractivity contribution in [1.29, 1.82) is 0 Å². The fraction of sp³-hybridized carbons (Fsp3) is 0.350. The highest BCUT2D eigenvalue weighted by atomic mass is 32.2. The van der Waals surface area contributed by atoms with Crippen LogP contribution >= 0.6 is 0 Å². The summed E-state index contributed by atoms with van der Waals surface area (Å²) in [6, 6.07) is 14.1. The number of nitrogens with one attached hydrogen (secondary N) is 2. The maximum Gasteiger partial charge on any atom is 0.251 e. The summed E-state index contributed by atoms with van der Waals surface area (Å²) in [7, 11) is -3.57. The molecule has 0 aromatic heterocycles. The number of carbonyl (C=O) groups is 1. The smallest absolute Gasteiger partial charge is 0.251 e. The van der Waals surface area contributed by atoms with Gasteiger partial charge in [-0.3, -0.25) is 4.79 Å². The molecule has 1 aliphatic rings. The number of carbonyl (C=O) groups excluding carboxylic acids is 1. The van der Waals surface area contributed by atoms with E-state index >= 15 is 0 Å². The average Bonchev–Trinajstić information content (AvgIpc) is 3.44. The molecule has 0 spiro atoms. The fourth-order valence-corrected chi connectivity index (χ4v) is 4.11. The summed E-state index contributed by atoms with van der Waals surface area (Å²) in [6.07, 6.45) is 2.48. The van der Waals surface area contributed by atoms with E-state index in [0.717, 1.165) is 30.4 Å². The maximum atomic E-state index is 12.6. The number of hydrogen-bond donors (Lipinski definition) is 2. The topological polar surface area (TPSA) is 75.3 Å². The molecule has 2 N–H and O–H groups in total. The molecule has 2 aromatic rings. The average molecular weight is 372 g/mol. The van der Waals surface area contributed by atoms with E-state index in [-0.39, 0.29) is 22.9 Å². The summed E-state index contributed by atoms with van der Waals surface area (Å²) in [5, 5.41) is 3.00. The molecule has 2 aromatic carbocycles. The summed E-state index contributed by atoms with van der Waals surface area (Å²) in [5.74, 6) is -0.277. The largest absolute Gasteiger partial charge is 0.345 e. The van der Waals surface area contributed by atoms with Crippen LogP contribution in [0, 0.1) is 6.92 Å². The molecule has 0 bridgehead atoms. The molecule has 1 aliphatic carbocycles. The van der Waals surface area contributed by atoms with Gasteiger partial charge in [0.1, 0.15) is 0 Å². The van der Waals surface area contributed by atoms with Crippen LogP contribution in [-0.2, 0) is 10.0 Å². The van der Waals surface area contributed by atoms with Crippen molar-refractivity contribution in [3.63, 3.8) is 0 Å². The van der Waals surface area contributed by atoms with Gasteiger partial charge in [-0.25, -0.2) is 13.1 Å². The Morgan fingerprint density at radius 1 is 1.15 bits per heavy atom. The molecule has 1 fully saturated rings. The van der Waals surface area contributed by atoms with E-state index in [2.05, 4.69) is 10.0 Å². The van der Waals surface area contributed by atoms with Crippen molar-refractivity contribution in [3.8, 4) is 0 Å². The number of amides is 1. The molecule has 0 radical (unpaired) electrons. The Kier molecular flexibility index (Phi) is 5.44. The van der Waals surface area contributed by atoms with E-state index in [4.69, 9.17) is 0 Å². The Morgan fingerprint density at radius 2 is 1.85 bits per heavy atom. The third-order valence-electron chi connectivity index (χ3n) is 4.50. The number of aryl methyl sites for hydroxylation is 1. The zero-order valence-electron chi connectivity index (χ0n) is 15.0. The van der Waals surface area contributed by atoms with Crippen molar-refractivity contribution in [2.45, 2.75) is 50.1 Å². The summed E-state index contributed by atoms with van der Waals surface area (Å²) < 4.78 is 27.3.